The van der Waals surface area contributed by atoms with Crippen molar-refractivity contribution in [2.45, 2.75) is 31.5 Å². The van der Waals surface area contributed by atoms with Gasteiger partial charge in [0, 0.05) is 16.6 Å². The van der Waals surface area contributed by atoms with Crippen LogP contribution in [-0.2, 0) is 16.1 Å². The fourth-order valence-electron chi connectivity index (χ4n) is 2.00. The molecule has 0 aliphatic heterocycles. The molecule has 2 rings (SSSR count). The fourth-order valence-corrected chi connectivity index (χ4v) is 3.01. The highest BCUT2D eigenvalue weighted by Gasteiger charge is 2.15. The quantitative estimate of drug-likeness (QED) is 0.267. The van der Waals surface area contributed by atoms with E-state index in [1.807, 2.05) is 28.8 Å². The zero-order chi connectivity index (χ0) is 17.4. The van der Waals surface area contributed by atoms with E-state index in [0.29, 0.717) is 18.3 Å². The van der Waals surface area contributed by atoms with Crippen molar-refractivity contribution in [3.8, 4) is 11.4 Å². The van der Waals surface area contributed by atoms with E-state index in [1.165, 1.54) is 11.8 Å². The largest absolute Gasteiger partial charge is 0.465 e. The van der Waals surface area contributed by atoms with Crippen molar-refractivity contribution >= 4 is 33.7 Å². The summed E-state index contributed by atoms with van der Waals surface area (Å²) < 4.78 is 8.12. The third-order valence-corrected chi connectivity index (χ3v) is 4.68. The molecule has 2 aromatic rings. The number of hydrogen-bond donors (Lipinski definition) is 0. The summed E-state index contributed by atoms with van der Waals surface area (Å²) in [6.07, 6.45) is 3.68. The molecule has 0 spiro atoms. The van der Waals surface area contributed by atoms with Gasteiger partial charge in [-0.15, -0.1) is 16.8 Å². The molecule has 24 heavy (non-hydrogen) atoms. The van der Waals surface area contributed by atoms with Gasteiger partial charge in [0.15, 0.2) is 11.0 Å². The fraction of sp³-hybridized carbons (Fsp3) is 0.353. The SMILES string of the molecule is C=CCn1c(SCC(=O)OCCCC)nnc1-c1ccc(Br)cc1. The smallest absolute Gasteiger partial charge is 0.316 e. The van der Waals surface area contributed by atoms with E-state index in [2.05, 4.69) is 39.6 Å². The number of hydrogen-bond acceptors (Lipinski definition) is 5. The van der Waals surface area contributed by atoms with Crippen LogP contribution >= 0.6 is 27.7 Å². The number of thioether (sulfide) groups is 1. The number of allylic oxidation sites excluding steroid dienone is 1. The predicted molar refractivity (Wildman–Crippen MR) is 99.9 cm³/mol. The van der Waals surface area contributed by atoms with Crippen molar-refractivity contribution in [3.05, 3.63) is 41.4 Å². The zero-order valence-electron chi connectivity index (χ0n) is 13.6. The Balaban J connectivity index is 2.09. The number of carbonyl (C=O) groups excluding carboxylic acids is 1. The van der Waals surface area contributed by atoms with Crippen molar-refractivity contribution in [2.75, 3.05) is 12.4 Å². The summed E-state index contributed by atoms with van der Waals surface area (Å²) in [4.78, 5) is 11.7. The number of aromatic nitrogens is 3. The summed E-state index contributed by atoms with van der Waals surface area (Å²) in [6.45, 7) is 6.89. The molecule has 0 N–H and O–H groups in total. The minimum absolute atomic E-state index is 0.222. The molecule has 0 unspecified atom stereocenters. The average Bonchev–Trinajstić information content (AvgIpc) is 2.97. The number of benzene rings is 1. The molecular weight excluding hydrogens is 390 g/mol. The van der Waals surface area contributed by atoms with Gasteiger partial charge in [0.25, 0.3) is 0 Å². The van der Waals surface area contributed by atoms with Gasteiger partial charge in [-0.2, -0.15) is 0 Å². The van der Waals surface area contributed by atoms with E-state index in [4.69, 9.17) is 4.74 Å². The van der Waals surface area contributed by atoms with Crippen LogP contribution in [0.1, 0.15) is 19.8 Å². The molecule has 1 aromatic heterocycles. The van der Waals surface area contributed by atoms with Gasteiger partial charge in [-0.05, 0) is 18.6 Å². The van der Waals surface area contributed by atoms with Gasteiger partial charge in [-0.1, -0.05) is 59.2 Å². The second-order valence-corrected chi connectivity index (χ2v) is 6.93. The van der Waals surface area contributed by atoms with Crippen LogP contribution in [0.3, 0.4) is 0 Å². The Morgan fingerprint density at radius 2 is 2.12 bits per heavy atom. The Hall–Kier alpha value is -1.60. The van der Waals surface area contributed by atoms with Crippen molar-refractivity contribution in [2.24, 2.45) is 0 Å². The van der Waals surface area contributed by atoms with E-state index in [9.17, 15) is 4.79 Å². The molecule has 0 amide bonds. The second kappa shape index (κ2) is 9.64. The van der Waals surface area contributed by atoms with Crippen molar-refractivity contribution in [1.29, 1.82) is 0 Å². The average molecular weight is 410 g/mol. The maximum atomic E-state index is 11.7. The van der Waals surface area contributed by atoms with Crippen LogP contribution in [0, 0.1) is 0 Å². The molecule has 0 aliphatic rings. The molecule has 0 saturated carbocycles. The van der Waals surface area contributed by atoms with Gasteiger partial charge < -0.3 is 4.74 Å². The molecule has 5 nitrogen and oxygen atoms in total. The lowest BCUT2D eigenvalue weighted by molar-refractivity contribution is -0.140. The molecule has 7 heteroatoms. The summed E-state index contributed by atoms with van der Waals surface area (Å²) in [7, 11) is 0. The maximum absolute atomic E-state index is 11.7. The maximum Gasteiger partial charge on any atom is 0.316 e. The first-order valence-corrected chi connectivity index (χ1v) is 9.52. The molecule has 0 atom stereocenters. The second-order valence-electron chi connectivity index (χ2n) is 5.08. The standard InChI is InChI=1S/C17H20BrN3O2S/c1-3-5-11-23-15(22)12-24-17-20-19-16(21(17)10-4-2)13-6-8-14(18)9-7-13/h4,6-9H,2-3,5,10-12H2,1H3. The summed E-state index contributed by atoms with van der Waals surface area (Å²) in [5, 5.41) is 9.16. The molecule has 1 aromatic carbocycles. The Labute approximate surface area is 154 Å². The molecule has 0 saturated heterocycles. The van der Waals surface area contributed by atoms with Gasteiger partial charge in [-0.25, -0.2) is 0 Å². The summed E-state index contributed by atoms with van der Waals surface area (Å²) in [6, 6.07) is 7.86. The topological polar surface area (TPSA) is 57.0 Å². The van der Waals surface area contributed by atoms with Crippen molar-refractivity contribution < 1.29 is 9.53 Å². The molecule has 0 bridgehead atoms. The third kappa shape index (κ3) is 5.21. The highest BCUT2D eigenvalue weighted by Crippen LogP contribution is 2.25. The summed E-state index contributed by atoms with van der Waals surface area (Å²) in [5.41, 5.74) is 0.963. The van der Waals surface area contributed by atoms with Crippen LogP contribution in [0.2, 0.25) is 0 Å². The van der Waals surface area contributed by atoms with E-state index < -0.39 is 0 Å². The molecule has 0 aliphatic carbocycles. The van der Waals surface area contributed by atoms with E-state index in [-0.39, 0.29) is 11.7 Å². The van der Waals surface area contributed by atoms with Gasteiger partial charge in [0.05, 0.1) is 12.4 Å². The molecule has 128 valence electrons. The first-order valence-electron chi connectivity index (χ1n) is 7.74. The summed E-state index contributed by atoms with van der Waals surface area (Å²) in [5.74, 6) is 0.746. The summed E-state index contributed by atoms with van der Waals surface area (Å²) >= 11 is 4.75. The number of nitrogens with zero attached hydrogens (tertiary/aromatic N) is 3. The predicted octanol–water partition coefficient (Wildman–Crippen LogP) is 4.33. The Kier molecular flexibility index (Phi) is 7.52. The number of esters is 1. The lowest BCUT2D eigenvalue weighted by Crippen LogP contribution is -2.09. The Morgan fingerprint density at radius 1 is 1.38 bits per heavy atom. The minimum Gasteiger partial charge on any atom is -0.465 e. The normalized spacial score (nSPS) is 10.6. The molecule has 1 heterocycles. The monoisotopic (exact) mass is 409 g/mol. The number of carbonyl (C=O) groups is 1. The lowest BCUT2D eigenvalue weighted by atomic mass is 10.2. The Morgan fingerprint density at radius 3 is 2.79 bits per heavy atom. The highest BCUT2D eigenvalue weighted by molar-refractivity contribution is 9.10. The van der Waals surface area contributed by atoms with Crippen LogP contribution in [0.4, 0.5) is 0 Å². The van der Waals surface area contributed by atoms with Crippen LogP contribution < -0.4 is 0 Å². The van der Waals surface area contributed by atoms with Gasteiger partial charge >= 0.3 is 5.97 Å². The Bertz CT molecular complexity index is 686. The third-order valence-electron chi connectivity index (χ3n) is 3.21. The number of rotatable bonds is 9. The van der Waals surface area contributed by atoms with E-state index in [0.717, 1.165) is 28.7 Å². The van der Waals surface area contributed by atoms with Crippen LogP contribution in [0.15, 0.2) is 46.5 Å². The zero-order valence-corrected chi connectivity index (χ0v) is 16.0. The van der Waals surface area contributed by atoms with Crippen LogP contribution in [0.25, 0.3) is 11.4 Å². The number of ether oxygens (including phenoxy) is 1. The molecule has 0 fully saturated rings. The first kappa shape index (κ1) is 18.7. The van der Waals surface area contributed by atoms with Gasteiger partial charge in [-0.3, -0.25) is 9.36 Å². The van der Waals surface area contributed by atoms with Crippen LogP contribution in [0.5, 0.6) is 0 Å². The lowest BCUT2D eigenvalue weighted by Gasteiger charge is -2.08. The van der Waals surface area contributed by atoms with Gasteiger partial charge in [0.2, 0.25) is 0 Å². The highest BCUT2D eigenvalue weighted by atomic mass is 79.9. The van der Waals surface area contributed by atoms with E-state index in [1.54, 1.807) is 6.08 Å². The van der Waals surface area contributed by atoms with Gasteiger partial charge in [0.1, 0.15) is 0 Å². The first-order chi connectivity index (χ1) is 11.7. The van der Waals surface area contributed by atoms with E-state index >= 15 is 0 Å². The molecular formula is C17H20BrN3O2S. The number of unbranched alkanes of at least 4 members (excludes halogenated alkanes) is 1. The van der Waals surface area contributed by atoms with Crippen molar-refractivity contribution in [1.82, 2.24) is 14.8 Å². The minimum atomic E-state index is -0.230. The number of halogens is 1. The van der Waals surface area contributed by atoms with Crippen LogP contribution in [-0.4, -0.2) is 33.1 Å². The van der Waals surface area contributed by atoms with Crippen molar-refractivity contribution in [3.63, 3.8) is 0 Å². The molecule has 0 radical (unpaired) electrons.